The number of halogens is 1. The van der Waals surface area contributed by atoms with Crippen molar-refractivity contribution in [1.82, 2.24) is 0 Å². The van der Waals surface area contributed by atoms with E-state index in [0.29, 0.717) is 52.8 Å². The van der Waals surface area contributed by atoms with Crippen LogP contribution in [0.1, 0.15) is 56.6 Å². The van der Waals surface area contributed by atoms with Crippen molar-refractivity contribution in [3.63, 3.8) is 0 Å². The van der Waals surface area contributed by atoms with Crippen LogP contribution in [0.2, 0.25) is 5.02 Å². The number of ether oxygens (including phenoxy) is 2. The number of nitrogens with zero attached hydrogens (tertiary/aromatic N) is 1. The van der Waals surface area contributed by atoms with Crippen molar-refractivity contribution < 1.29 is 24.2 Å². The van der Waals surface area contributed by atoms with Crippen LogP contribution >= 0.6 is 11.6 Å². The maximum atomic E-state index is 13.6. The molecule has 1 aliphatic carbocycles. The molecular weight excluding hydrogens is 454 g/mol. The number of aromatic hydroxyl groups is 1. The third-order valence-electron chi connectivity index (χ3n) is 6.41. The normalized spacial score (nSPS) is 22.2. The summed E-state index contributed by atoms with van der Waals surface area (Å²) in [5.74, 6) is -1.45. The summed E-state index contributed by atoms with van der Waals surface area (Å²) in [4.78, 5) is 31.4. The first-order valence-corrected chi connectivity index (χ1v) is 11.9. The van der Waals surface area contributed by atoms with Gasteiger partial charge in [-0.1, -0.05) is 29.8 Å². The number of aliphatic imine (C=N–C) groups is 1. The number of allylic oxidation sites excluding steroid dienone is 2. The minimum Gasteiger partial charge on any atom is -0.504 e. The van der Waals surface area contributed by atoms with Crippen molar-refractivity contribution >= 4 is 29.1 Å². The van der Waals surface area contributed by atoms with Gasteiger partial charge in [0.2, 0.25) is 0 Å². The molecule has 0 amide bonds. The van der Waals surface area contributed by atoms with Gasteiger partial charge in [0.05, 0.1) is 13.2 Å². The Morgan fingerprint density at radius 2 is 1.79 bits per heavy atom. The highest BCUT2D eigenvalue weighted by molar-refractivity contribution is 6.30. The predicted octanol–water partition coefficient (Wildman–Crippen LogP) is 5.58. The average molecular weight is 482 g/mol. The number of benzene rings is 2. The topological polar surface area (TPSA) is 85.2 Å². The van der Waals surface area contributed by atoms with Gasteiger partial charge in [0.1, 0.15) is 5.92 Å². The molecule has 4 rings (SSSR count). The maximum absolute atomic E-state index is 13.6. The van der Waals surface area contributed by atoms with Gasteiger partial charge < -0.3 is 14.6 Å². The van der Waals surface area contributed by atoms with Crippen molar-refractivity contribution in [3.05, 3.63) is 69.9 Å². The Labute approximate surface area is 204 Å². The first-order chi connectivity index (χ1) is 16.3. The Hall–Kier alpha value is -3.12. The van der Waals surface area contributed by atoms with Gasteiger partial charge in [-0.2, -0.15) is 0 Å². The molecule has 6 nitrogen and oxygen atoms in total. The van der Waals surface area contributed by atoms with E-state index >= 15 is 0 Å². The van der Waals surface area contributed by atoms with E-state index in [1.807, 2.05) is 31.2 Å². The highest BCUT2D eigenvalue weighted by atomic mass is 35.5. The van der Waals surface area contributed by atoms with E-state index in [4.69, 9.17) is 26.1 Å². The van der Waals surface area contributed by atoms with Crippen molar-refractivity contribution in [2.24, 2.45) is 10.9 Å². The Balaban J connectivity index is 1.81. The summed E-state index contributed by atoms with van der Waals surface area (Å²) >= 11 is 6.04. The Morgan fingerprint density at radius 3 is 2.47 bits per heavy atom. The Bertz CT molecular complexity index is 1170. The molecule has 0 radical (unpaired) electrons. The molecule has 7 heteroatoms. The molecule has 3 unspecified atom stereocenters. The number of phenols is 1. The summed E-state index contributed by atoms with van der Waals surface area (Å²) in [6.07, 6.45) is 0.903. The van der Waals surface area contributed by atoms with E-state index in [0.717, 1.165) is 5.56 Å². The molecule has 34 heavy (non-hydrogen) atoms. The van der Waals surface area contributed by atoms with Crippen LogP contribution in [-0.4, -0.2) is 35.8 Å². The number of phenolic OH excluding ortho intramolecular Hbond substituents is 1. The van der Waals surface area contributed by atoms with Gasteiger partial charge in [0.15, 0.2) is 17.3 Å². The van der Waals surface area contributed by atoms with Crippen molar-refractivity contribution in [2.75, 3.05) is 13.2 Å². The lowest BCUT2D eigenvalue weighted by atomic mass is 9.69. The number of ketones is 1. The quantitative estimate of drug-likeness (QED) is 0.544. The molecule has 2 aliphatic rings. The smallest absolute Gasteiger partial charge is 0.315 e. The molecule has 178 valence electrons. The number of rotatable bonds is 6. The lowest BCUT2D eigenvalue weighted by Crippen LogP contribution is -2.38. The van der Waals surface area contributed by atoms with Crippen molar-refractivity contribution in [2.45, 2.75) is 45.4 Å². The maximum Gasteiger partial charge on any atom is 0.315 e. The monoisotopic (exact) mass is 481 g/mol. The summed E-state index contributed by atoms with van der Waals surface area (Å²) in [6, 6.07) is 12.5. The fraction of sp³-hybridized carbons (Fsp3) is 0.370. The SMILES string of the molecule is CCOC(=O)C1C(C)=NC2=C(C(=O)CC(c3ccc(Cl)cc3)C2)C1c1ccc(O)c(OCC)c1. The molecule has 0 bridgehead atoms. The van der Waals surface area contributed by atoms with Crippen LogP contribution < -0.4 is 4.74 Å². The third kappa shape index (κ3) is 4.60. The zero-order valence-corrected chi connectivity index (χ0v) is 20.3. The van der Waals surface area contributed by atoms with Gasteiger partial charge in [-0.15, -0.1) is 0 Å². The van der Waals surface area contributed by atoms with E-state index in [2.05, 4.69) is 0 Å². The van der Waals surface area contributed by atoms with E-state index in [1.165, 1.54) is 6.07 Å². The molecule has 0 spiro atoms. The predicted molar refractivity (Wildman–Crippen MR) is 131 cm³/mol. The van der Waals surface area contributed by atoms with Crippen LogP contribution in [0.4, 0.5) is 0 Å². The fourth-order valence-corrected chi connectivity index (χ4v) is 5.05. The van der Waals surface area contributed by atoms with Crippen LogP contribution in [0.5, 0.6) is 11.5 Å². The largest absolute Gasteiger partial charge is 0.504 e. The summed E-state index contributed by atoms with van der Waals surface area (Å²) in [6.45, 7) is 5.99. The van der Waals surface area contributed by atoms with E-state index in [9.17, 15) is 14.7 Å². The lowest BCUT2D eigenvalue weighted by Gasteiger charge is -2.36. The molecule has 0 saturated heterocycles. The first-order valence-electron chi connectivity index (χ1n) is 11.5. The molecule has 2 aromatic rings. The minimum absolute atomic E-state index is 0.00598. The summed E-state index contributed by atoms with van der Waals surface area (Å²) in [7, 11) is 0. The fourth-order valence-electron chi connectivity index (χ4n) is 4.92. The third-order valence-corrected chi connectivity index (χ3v) is 6.67. The number of carbonyl (C=O) groups excluding carboxylic acids is 2. The highest BCUT2D eigenvalue weighted by Crippen LogP contribution is 2.48. The second-order valence-electron chi connectivity index (χ2n) is 8.56. The summed E-state index contributed by atoms with van der Waals surface area (Å²) in [5, 5.41) is 10.9. The van der Waals surface area contributed by atoms with Crippen LogP contribution in [0.15, 0.2) is 58.7 Å². The van der Waals surface area contributed by atoms with Crippen molar-refractivity contribution in [3.8, 4) is 11.5 Å². The van der Waals surface area contributed by atoms with Crippen molar-refractivity contribution in [1.29, 1.82) is 0 Å². The first kappa shape index (κ1) is 24.0. The van der Waals surface area contributed by atoms with Gasteiger partial charge in [-0.05, 0) is 68.5 Å². The summed E-state index contributed by atoms with van der Waals surface area (Å²) in [5.41, 5.74) is 3.59. The average Bonchev–Trinajstić information content (AvgIpc) is 2.80. The Morgan fingerprint density at radius 1 is 1.09 bits per heavy atom. The van der Waals surface area contributed by atoms with Crippen LogP contribution in [0, 0.1) is 5.92 Å². The van der Waals surface area contributed by atoms with Gasteiger partial charge in [-0.3, -0.25) is 14.6 Å². The molecule has 0 saturated carbocycles. The highest BCUT2D eigenvalue weighted by Gasteiger charge is 2.45. The van der Waals surface area contributed by atoms with E-state index < -0.39 is 17.8 Å². The van der Waals surface area contributed by atoms with Gasteiger partial charge in [-0.25, -0.2) is 0 Å². The standard InChI is InChI=1S/C27H28ClNO5/c1-4-33-23-14-17(8-11-21(23)30)25-24(27(32)34-5-2)15(3)29-20-12-18(13-22(31)26(20)25)16-6-9-19(28)10-7-16/h6-11,14,18,24-25,30H,4-5,12-13H2,1-3H3. The molecule has 1 aliphatic heterocycles. The van der Waals surface area contributed by atoms with Crippen LogP contribution in [0.25, 0.3) is 0 Å². The second kappa shape index (κ2) is 10.0. The molecule has 0 fully saturated rings. The van der Waals surface area contributed by atoms with Gasteiger partial charge >= 0.3 is 5.97 Å². The number of esters is 1. The molecule has 0 aromatic heterocycles. The molecular formula is C27H28ClNO5. The zero-order chi connectivity index (χ0) is 24.4. The molecule has 1 heterocycles. The van der Waals surface area contributed by atoms with Crippen LogP contribution in [-0.2, 0) is 14.3 Å². The second-order valence-corrected chi connectivity index (χ2v) is 9.00. The number of hydrogen-bond donors (Lipinski definition) is 1. The molecule has 3 atom stereocenters. The number of Topliss-reactive ketones (excluding diaryl/α,β-unsaturated/α-hetero) is 1. The minimum atomic E-state index is -0.728. The van der Waals surface area contributed by atoms with E-state index in [-0.39, 0.29) is 24.1 Å². The van der Waals surface area contributed by atoms with Crippen LogP contribution in [0.3, 0.4) is 0 Å². The molecule has 1 N–H and O–H groups in total. The van der Waals surface area contributed by atoms with E-state index in [1.54, 1.807) is 26.0 Å². The van der Waals surface area contributed by atoms with Gasteiger partial charge in [0, 0.05) is 34.3 Å². The zero-order valence-electron chi connectivity index (χ0n) is 19.5. The number of carbonyl (C=O) groups is 2. The van der Waals surface area contributed by atoms with Gasteiger partial charge in [0.25, 0.3) is 0 Å². The summed E-state index contributed by atoms with van der Waals surface area (Å²) < 4.78 is 11.0. The molecule has 2 aromatic carbocycles. The Kier molecular flexibility index (Phi) is 7.08. The number of hydrogen-bond acceptors (Lipinski definition) is 6. The lowest BCUT2D eigenvalue weighted by molar-refractivity contribution is -0.146.